The molecule has 1 amide bonds. The Balaban J connectivity index is 2.48. The van der Waals surface area contributed by atoms with Gasteiger partial charge in [-0.15, -0.1) is 0 Å². The van der Waals surface area contributed by atoms with Gasteiger partial charge in [-0.05, 0) is 19.1 Å². The number of nitrogens with one attached hydrogen (secondary N) is 1. The molecule has 9 heteroatoms. The van der Waals surface area contributed by atoms with Crippen molar-refractivity contribution in [2.45, 2.75) is 13.0 Å². The summed E-state index contributed by atoms with van der Waals surface area (Å²) in [5.74, 6) is -9.87. The molecule has 0 aliphatic rings. The van der Waals surface area contributed by atoms with Crippen LogP contribution in [0.5, 0.6) is 0 Å². The molecule has 0 aliphatic heterocycles. The molecule has 0 saturated carbocycles. The maximum atomic E-state index is 13.9. The Morgan fingerprint density at radius 1 is 1.08 bits per heavy atom. The van der Waals surface area contributed by atoms with E-state index in [4.69, 9.17) is 0 Å². The molecule has 2 aromatic rings. The maximum Gasteiger partial charge on any atom is 0.333 e. The predicted molar refractivity (Wildman–Crippen MR) is 77.4 cm³/mol. The summed E-state index contributed by atoms with van der Waals surface area (Å²) in [6, 6.07) is 5.30. The van der Waals surface area contributed by atoms with Gasteiger partial charge in [-0.3, -0.25) is 4.79 Å². The number of carbonyl (C=O) groups is 2. The standard InChI is InChI=1S/C16H12F4N2O3/c1-2-25-16(24)12(21-15(23)8-6-4-3-5-7-8)9-10(17)13(19)22-14(20)11(9)18/h3-7,12H,2H2,1H3,(H,21,23). The van der Waals surface area contributed by atoms with Crippen LogP contribution in [0.25, 0.3) is 0 Å². The average molecular weight is 356 g/mol. The first-order chi connectivity index (χ1) is 11.9. The lowest BCUT2D eigenvalue weighted by molar-refractivity contribution is -0.145. The monoisotopic (exact) mass is 356 g/mol. The summed E-state index contributed by atoms with van der Waals surface area (Å²) in [5, 5.41) is 2.02. The first-order valence-corrected chi connectivity index (χ1v) is 7.09. The molecule has 132 valence electrons. The lowest BCUT2D eigenvalue weighted by Crippen LogP contribution is -2.36. The minimum Gasteiger partial charge on any atom is -0.464 e. The topological polar surface area (TPSA) is 68.3 Å². The smallest absolute Gasteiger partial charge is 0.333 e. The van der Waals surface area contributed by atoms with E-state index in [0.29, 0.717) is 0 Å². The molecule has 2 rings (SSSR count). The summed E-state index contributed by atoms with van der Waals surface area (Å²) < 4.78 is 59.2. The summed E-state index contributed by atoms with van der Waals surface area (Å²) in [5.41, 5.74) is -1.26. The Morgan fingerprint density at radius 3 is 2.16 bits per heavy atom. The van der Waals surface area contributed by atoms with Gasteiger partial charge in [-0.2, -0.15) is 13.8 Å². The lowest BCUT2D eigenvalue weighted by atomic mass is 10.1. The molecule has 1 unspecified atom stereocenters. The largest absolute Gasteiger partial charge is 0.464 e. The Labute approximate surface area is 139 Å². The number of carbonyl (C=O) groups excluding carboxylic acids is 2. The third-order valence-electron chi connectivity index (χ3n) is 3.15. The number of benzene rings is 1. The molecule has 0 radical (unpaired) electrons. The number of halogens is 4. The van der Waals surface area contributed by atoms with Crippen molar-refractivity contribution < 1.29 is 31.9 Å². The highest BCUT2D eigenvalue weighted by molar-refractivity contribution is 5.97. The molecule has 0 saturated heterocycles. The Morgan fingerprint density at radius 2 is 1.64 bits per heavy atom. The van der Waals surface area contributed by atoms with Crippen molar-refractivity contribution in [1.29, 1.82) is 0 Å². The lowest BCUT2D eigenvalue weighted by Gasteiger charge is -2.19. The van der Waals surface area contributed by atoms with Gasteiger partial charge >= 0.3 is 5.97 Å². The van der Waals surface area contributed by atoms with E-state index in [0.717, 1.165) is 0 Å². The number of amides is 1. The van der Waals surface area contributed by atoms with Gasteiger partial charge in [0.1, 0.15) is 0 Å². The highest BCUT2D eigenvalue weighted by Crippen LogP contribution is 2.25. The number of rotatable bonds is 5. The van der Waals surface area contributed by atoms with Crippen molar-refractivity contribution in [1.82, 2.24) is 10.3 Å². The molecule has 0 bridgehead atoms. The summed E-state index contributed by atoms with van der Waals surface area (Å²) in [4.78, 5) is 26.6. The van der Waals surface area contributed by atoms with Gasteiger partial charge in [0.05, 0.1) is 12.2 Å². The fraction of sp³-hybridized carbons (Fsp3) is 0.188. The van der Waals surface area contributed by atoms with Crippen LogP contribution < -0.4 is 5.32 Å². The minimum atomic E-state index is -2.10. The van der Waals surface area contributed by atoms with E-state index in [1.54, 1.807) is 6.07 Å². The fourth-order valence-electron chi connectivity index (χ4n) is 2.03. The third-order valence-corrected chi connectivity index (χ3v) is 3.15. The minimum absolute atomic E-state index is 0.0626. The van der Waals surface area contributed by atoms with Gasteiger partial charge in [-0.25, -0.2) is 13.6 Å². The first kappa shape index (κ1) is 18.4. The van der Waals surface area contributed by atoms with E-state index in [2.05, 4.69) is 9.72 Å². The summed E-state index contributed by atoms with van der Waals surface area (Å²) in [6.45, 7) is 1.23. The number of hydrogen-bond donors (Lipinski definition) is 1. The normalized spacial score (nSPS) is 11.7. The predicted octanol–water partition coefficient (Wildman–Crippen LogP) is 2.67. The second-order valence-electron chi connectivity index (χ2n) is 4.76. The zero-order valence-electron chi connectivity index (χ0n) is 12.9. The Kier molecular flexibility index (Phi) is 5.68. The van der Waals surface area contributed by atoms with Crippen LogP contribution in [0.15, 0.2) is 30.3 Å². The molecule has 1 aromatic heterocycles. The second kappa shape index (κ2) is 7.73. The number of esters is 1. The fourth-order valence-corrected chi connectivity index (χ4v) is 2.03. The molecule has 0 spiro atoms. The maximum absolute atomic E-state index is 13.9. The van der Waals surface area contributed by atoms with Gasteiger partial charge in [-0.1, -0.05) is 18.2 Å². The van der Waals surface area contributed by atoms with Crippen molar-refractivity contribution in [3.8, 4) is 0 Å². The summed E-state index contributed by atoms with van der Waals surface area (Å²) >= 11 is 0. The summed E-state index contributed by atoms with van der Waals surface area (Å²) in [7, 11) is 0. The number of aromatic nitrogens is 1. The molecule has 0 aliphatic carbocycles. The molecule has 1 atom stereocenters. The van der Waals surface area contributed by atoms with Crippen LogP contribution in [-0.4, -0.2) is 23.5 Å². The highest BCUT2D eigenvalue weighted by atomic mass is 19.2. The van der Waals surface area contributed by atoms with Crippen LogP contribution in [0.3, 0.4) is 0 Å². The quantitative estimate of drug-likeness (QED) is 0.508. The van der Waals surface area contributed by atoms with Gasteiger partial charge in [0.25, 0.3) is 17.8 Å². The van der Waals surface area contributed by atoms with Gasteiger partial charge in [0.15, 0.2) is 17.7 Å². The number of ether oxygens (including phenoxy) is 1. The molecule has 0 fully saturated rings. The van der Waals surface area contributed by atoms with E-state index in [-0.39, 0.29) is 12.2 Å². The van der Waals surface area contributed by atoms with Crippen LogP contribution in [-0.2, 0) is 9.53 Å². The Hall–Kier alpha value is -2.97. The number of pyridine rings is 1. The van der Waals surface area contributed by atoms with Crippen LogP contribution in [0, 0.1) is 23.5 Å². The highest BCUT2D eigenvalue weighted by Gasteiger charge is 2.34. The van der Waals surface area contributed by atoms with E-state index >= 15 is 0 Å². The summed E-state index contributed by atoms with van der Waals surface area (Å²) in [6.07, 6.45) is 0. The van der Waals surface area contributed by atoms with E-state index in [1.807, 2.05) is 5.32 Å². The molecule has 1 heterocycles. The van der Waals surface area contributed by atoms with Crippen LogP contribution in [0.2, 0.25) is 0 Å². The van der Waals surface area contributed by atoms with Crippen molar-refractivity contribution in [2.24, 2.45) is 0 Å². The zero-order valence-corrected chi connectivity index (χ0v) is 12.9. The van der Waals surface area contributed by atoms with Gasteiger partial charge in [0.2, 0.25) is 0 Å². The molecule has 5 nitrogen and oxygen atoms in total. The molecular weight excluding hydrogens is 344 g/mol. The molecule has 1 aromatic carbocycles. The van der Waals surface area contributed by atoms with Crippen LogP contribution >= 0.6 is 0 Å². The average Bonchev–Trinajstić information content (AvgIpc) is 2.60. The first-order valence-electron chi connectivity index (χ1n) is 7.09. The van der Waals surface area contributed by atoms with Gasteiger partial charge in [0, 0.05) is 5.56 Å². The molecule has 25 heavy (non-hydrogen) atoms. The zero-order chi connectivity index (χ0) is 18.6. The van der Waals surface area contributed by atoms with E-state index in [9.17, 15) is 27.2 Å². The molecular formula is C16H12F4N2O3. The van der Waals surface area contributed by atoms with Gasteiger partial charge < -0.3 is 10.1 Å². The van der Waals surface area contributed by atoms with Crippen molar-refractivity contribution in [2.75, 3.05) is 6.61 Å². The third kappa shape index (κ3) is 3.93. The van der Waals surface area contributed by atoms with Crippen LogP contribution in [0.1, 0.15) is 28.9 Å². The Bertz CT molecular complexity index is 773. The van der Waals surface area contributed by atoms with Crippen LogP contribution in [0.4, 0.5) is 17.6 Å². The van der Waals surface area contributed by atoms with E-state index in [1.165, 1.54) is 31.2 Å². The SMILES string of the molecule is CCOC(=O)C(NC(=O)c1ccccc1)c1c(F)c(F)nc(F)c1F. The molecule has 1 N–H and O–H groups in total. The van der Waals surface area contributed by atoms with Crippen molar-refractivity contribution in [3.63, 3.8) is 0 Å². The van der Waals surface area contributed by atoms with Crippen molar-refractivity contribution in [3.05, 3.63) is 65.0 Å². The van der Waals surface area contributed by atoms with E-state index < -0.39 is 47.0 Å². The number of hydrogen-bond acceptors (Lipinski definition) is 4. The number of nitrogens with zero attached hydrogens (tertiary/aromatic N) is 1. The second-order valence-corrected chi connectivity index (χ2v) is 4.76. The van der Waals surface area contributed by atoms with Crippen molar-refractivity contribution >= 4 is 11.9 Å².